The van der Waals surface area contributed by atoms with Crippen LogP contribution in [-0.2, 0) is 16.0 Å². The number of benzene rings is 1. The van der Waals surface area contributed by atoms with Crippen molar-refractivity contribution in [3.8, 4) is 11.3 Å². The zero-order valence-corrected chi connectivity index (χ0v) is 16.5. The fourth-order valence-electron chi connectivity index (χ4n) is 3.65. The van der Waals surface area contributed by atoms with Gasteiger partial charge in [0.25, 0.3) is 5.91 Å². The maximum Gasteiger partial charge on any atom is 0.323 e. The number of aromatic nitrogens is 2. The van der Waals surface area contributed by atoms with E-state index in [0.29, 0.717) is 54.0 Å². The molecule has 2 aliphatic rings. The SMILES string of the molecule is O=C(O)CN1CCc2ccc(-c3nc(NC4CCOCC4)ncc3Cl)cc2C1=O. The predicted octanol–water partition coefficient (Wildman–Crippen LogP) is 2.47. The van der Waals surface area contributed by atoms with E-state index in [1.165, 1.54) is 4.90 Å². The summed E-state index contributed by atoms with van der Waals surface area (Å²) < 4.78 is 5.37. The Labute approximate surface area is 172 Å². The Morgan fingerprint density at radius 1 is 1.34 bits per heavy atom. The van der Waals surface area contributed by atoms with Crippen molar-refractivity contribution >= 4 is 29.4 Å². The molecular weight excluding hydrogens is 396 g/mol. The average molecular weight is 417 g/mol. The van der Waals surface area contributed by atoms with Gasteiger partial charge in [0.15, 0.2) is 0 Å². The minimum atomic E-state index is -1.03. The topological polar surface area (TPSA) is 105 Å². The summed E-state index contributed by atoms with van der Waals surface area (Å²) in [6.07, 6.45) is 3.93. The van der Waals surface area contributed by atoms with Gasteiger partial charge in [0.05, 0.1) is 16.9 Å². The van der Waals surface area contributed by atoms with Gasteiger partial charge in [-0.2, -0.15) is 0 Å². The number of nitrogens with one attached hydrogen (secondary N) is 1. The van der Waals surface area contributed by atoms with E-state index in [4.69, 9.17) is 21.4 Å². The predicted molar refractivity (Wildman–Crippen MR) is 107 cm³/mol. The molecule has 1 aromatic heterocycles. The number of hydrogen-bond donors (Lipinski definition) is 2. The van der Waals surface area contributed by atoms with Crippen LogP contribution < -0.4 is 5.32 Å². The molecule has 0 bridgehead atoms. The Hall–Kier alpha value is -2.71. The minimum absolute atomic E-state index is 0.243. The first-order valence-corrected chi connectivity index (χ1v) is 9.90. The zero-order chi connectivity index (χ0) is 20.4. The van der Waals surface area contributed by atoms with Crippen LogP contribution in [0.2, 0.25) is 5.02 Å². The Morgan fingerprint density at radius 3 is 2.90 bits per heavy atom. The second kappa shape index (κ2) is 8.34. The van der Waals surface area contributed by atoms with Crippen LogP contribution in [0.1, 0.15) is 28.8 Å². The molecule has 9 heteroatoms. The first kappa shape index (κ1) is 19.6. The number of aliphatic carboxylic acids is 1. The van der Waals surface area contributed by atoms with Crippen molar-refractivity contribution in [2.75, 3.05) is 31.6 Å². The van der Waals surface area contributed by atoms with Gasteiger partial charge >= 0.3 is 5.97 Å². The molecule has 8 nitrogen and oxygen atoms in total. The number of fused-ring (bicyclic) bond motifs is 1. The summed E-state index contributed by atoms with van der Waals surface area (Å²) in [5, 5.41) is 12.7. The number of halogens is 1. The zero-order valence-electron chi connectivity index (χ0n) is 15.7. The van der Waals surface area contributed by atoms with Crippen LogP contribution in [0.15, 0.2) is 24.4 Å². The third-order valence-electron chi connectivity index (χ3n) is 5.18. The third kappa shape index (κ3) is 4.33. The van der Waals surface area contributed by atoms with E-state index < -0.39 is 5.97 Å². The van der Waals surface area contributed by atoms with Crippen LogP contribution in [-0.4, -0.2) is 64.2 Å². The summed E-state index contributed by atoms with van der Waals surface area (Å²) in [4.78, 5) is 33.9. The van der Waals surface area contributed by atoms with Crippen molar-refractivity contribution in [1.29, 1.82) is 0 Å². The molecule has 0 radical (unpaired) electrons. The summed E-state index contributed by atoms with van der Waals surface area (Å²) in [5.41, 5.74) is 2.61. The fraction of sp³-hybridized carbons (Fsp3) is 0.400. The first-order chi connectivity index (χ1) is 14.0. The van der Waals surface area contributed by atoms with Crippen molar-refractivity contribution in [2.45, 2.75) is 25.3 Å². The summed E-state index contributed by atoms with van der Waals surface area (Å²) in [6, 6.07) is 5.74. The number of nitrogens with zero attached hydrogens (tertiary/aromatic N) is 3. The molecule has 152 valence electrons. The molecule has 4 rings (SSSR count). The summed E-state index contributed by atoms with van der Waals surface area (Å²) in [7, 11) is 0. The van der Waals surface area contributed by atoms with Gasteiger partial charge in [-0.1, -0.05) is 23.7 Å². The lowest BCUT2D eigenvalue weighted by Gasteiger charge is -2.27. The molecule has 0 saturated carbocycles. The van der Waals surface area contributed by atoms with E-state index >= 15 is 0 Å². The molecule has 2 aromatic rings. The summed E-state index contributed by atoms with van der Waals surface area (Å²) >= 11 is 6.34. The van der Waals surface area contributed by atoms with Gasteiger partial charge in [-0.15, -0.1) is 0 Å². The molecule has 1 aromatic carbocycles. The molecular formula is C20H21ClN4O4. The molecule has 1 saturated heterocycles. The van der Waals surface area contributed by atoms with Gasteiger partial charge in [-0.3, -0.25) is 9.59 Å². The molecule has 0 aliphatic carbocycles. The lowest BCUT2D eigenvalue weighted by Crippen LogP contribution is -2.40. The van der Waals surface area contributed by atoms with Gasteiger partial charge in [-0.25, -0.2) is 9.97 Å². The monoisotopic (exact) mass is 416 g/mol. The van der Waals surface area contributed by atoms with Gasteiger partial charge in [-0.05, 0) is 30.9 Å². The molecule has 2 aliphatic heterocycles. The number of carbonyl (C=O) groups excluding carboxylic acids is 1. The lowest BCUT2D eigenvalue weighted by atomic mass is 9.95. The molecule has 0 unspecified atom stereocenters. The van der Waals surface area contributed by atoms with Gasteiger partial charge in [0.2, 0.25) is 5.95 Å². The second-order valence-corrected chi connectivity index (χ2v) is 7.57. The van der Waals surface area contributed by atoms with Crippen molar-refractivity contribution in [2.24, 2.45) is 0 Å². The molecule has 29 heavy (non-hydrogen) atoms. The standard InChI is InChI=1S/C20H21ClN4O4/c21-16-10-22-20(23-14-4-7-29-8-5-14)24-18(16)13-2-1-12-3-6-25(11-17(26)27)19(28)15(12)9-13/h1-2,9-10,14H,3-8,11H2,(H,26,27)(H,22,23,24). The Kier molecular flexibility index (Phi) is 5.64. The number of carboxylic acid groups (broad SMARTS) is 1. The molecule has 1 amide bonds. The quantitative estimate of drug-likeness (QED) is 0.771. The third-order valence-corrected chi connectivity index (χ3v) is 5.45. The highest BCUT2D eigenvalue weighted by Gasteiger charge is 2.26. The number of anilines is 1. The van der Waals surface area contributed by atoms with Crippen LogP contribution >= 0.6 is 11.6 Å². The van der Waals surface area contributed by atoms with Crippen molar-refractivity contribution < 1.29 is 19.4 Å². The fourth-order valence-corrected chi connectivity index (χ4v) is 3.85. The number of amides is 1. The first-order valence-electron chi connectivity index (χ1n) is 9.52. The second-order valence-electron chi connectivity index (χ2n) is 7.16. The van der Waals surface area contributed by atoms with Crippen molar-refractivity contribution in [1.82, 2.24) is 14.9 Å². The van der Waals surface area contributed by atoms with Crippen LogP contribution in [0.3, 0.4) is 0 Å². The highest BCUT2D eigenvalue weighted by molar-refractivity contribution is 6.33. The Balaban J connectivity index is 1.62. The van der Waals surface area contributed by atoms with E-state index in [1.54, 1.807) is 12.3 Å². The molecule has 0 atom stereocenters. The van der Waals surface area contributed by atoms with Gasteiger partial charge in [0, 0.05) is 36.9 Å². The maximum atomic E-state index is 12.7. The number of carboxylic acids is 1. The van der Waals surface area contributed by atoms with Crippen LogP contribution in [0.25, 0.3) is 11.3 Å². The Bertz CT molecular complexity index is 946. The minimum Gasteiger partial charge on any atom is -0.480 e. The highest BCUT2D eigenvalue weighted by Crippen LogP contribution is 2.30. The van der Waals surface area contributed by atoms with Crippen LogP contribution in [0.4, 0.5) is 5.95 Å². The van der Waals surface area contributed by atoms with E-state index in [1.807, 2.05) is 12.1 Å². The molecule has 1 fully saturated rings. The molecule has 2 N–H and O–H groups in total. The average Bonchev–Trinajstić information content (AvgIpc) is 2.72. The number of carbonyl (C=O) groups is 2. The lowest BCUT2D eigenvalue weighted by molar-refractivity contribution is -0.137. The largest absolute Gasteiger partial charge is 0.480 e. The van der Waals surface area contributed by atoms with E-state index in [9.17, 15) is 9.59 Å². The van der Waals surface area contributed by atoms with Crippen LogP contribution in [0.5, 0.6) is 0 Å². The summed E-state index contributed by atoms with van der Waals surface area (Å²) in [6.45, 7) is 1.50. The van der Waals surface area contributed by atoms with E-state index in [-0.39, 0.29) is 18.5 Å². The van der Waals surface area contributed by atoms with E-state index in [2.05, 4.69) is 15.3 Å². The molecule has 0 spiro atoms. The molecule has 3 heterocycles. The number of hydrogen-bond acceptors (Lipinski definition) is 6. The van der Waals surface area contributed by atoms with Crippen molar-refractivity contribution in [3.05, 3.63) is 40.5 Å². The maximum absolute atomic E-state index is 12.7. The normalized spacial score (nSPS) is 17.1. The van der Waals surface area contributed by atoms with Gasteiger partial charge < -0.3 is 20.1 Å². The number of rotatable bonds is 5. The summed E-state index contributed by atoms with van der Waals surface area (Å²) in [5.74, 6) is -0.838. The van der Waals surface area contributed by atoms with E-state index in [0.717, 1.165) is 18.4 Å². The van der Waals surface area contributed by atoms with Crippen molar-refractivity contribution in [3.63, 3.8) is 0 Å². The smallest absolute Gasteiger partial charge is 0.323 e. The Morgan fingerprint density at radius 2 is 2.14 bits per heavy atom. The highest BCUT2D eigenvalue weighted by atomic mass is 35.5. The van der Waals surface area contributed by atoms with Gasteiger partial charge in [0.1, 0.15) is 6.54 Å². The van der Waals surface area contributed by atoms with Crippen LogP contribution in [0, 0.1) is 0 Å². The number of ether oxygens (including phenoxy) is 1.